The highest BCUT2D eigenvalue weighted by Gasteiger charge is 2.22. The molecule has 266 valence electrons. The Morgan fingerprint density at radius 3 is 1.70 bits per heavy atom. The Morgan fingerprint density at radius 1 is 0.316 bits per heavy atom. The van der Waals surface area contributed by atoms with E-state index in [2.05, 4.69) is 215 Å². The molecule has 0 N–H and O–H groups in total. The number of hydrogen-bond acceptors (Lipinski definition) is 1. The first-order valence-corrected chi connectivity index (χ1v) is 20.3. The standard InChI is InChI=1S/C54H34N2S/c1-3-15-35(16-4-1)36-29-31-37(32-30-36)46-33-39(34-47-41-20-9-12-28-51(41)57-54(46)47)55-49-26-11-8-21-45(49)52-42(22-14-27-50(52)55)44-24-13-23-43-40-19-7-10-25-48(40)56(53(43)44)38-17-5-2-6-18-38/h1-34H. The van der Waals surface area contributed by atoms with Gasteiger partial charge in [-0.2, -0.15) is 0 Å². The fraction of sp³-hybridized carbons (Fsp3) is 0. The zero-order chi connectivity index (χ0) is 37.5. The van der Waals surface area contributed by atoms with Crippen molar-refractivity contribution >= 4 is 75.1 Å². The summed E-state index contributed by atoms with van der Waals surface area (Å²) < 4.78 is 7.56. The van der Waals surface area contributed by atoms with Gasteiger partial charge in [-0.15, -0.1) is 11.3 Å². The molecule has 0 unspecified atom stereocenters. The molecule has 57 heavy (non-hydrogen) atoms. The number of para-hydroxylation sites is 4. The van der Waals surface area contributed by atoms with Crippen molar-refractivity contribution in [1.29, 1.82) is 0 Å². The Morgan fingerprint density at radius 2 is 0.895 bits per heavy atom. The molecule has 0 bridgehead atoms. The quantitative estimate of drug-likeness (QED) is 0.166. The van der Waals surface area contributed by atoms with E-state index >= 15 is 0 Å². The van der Waals surface area contributed by atoms with Gasteiger partial charge in [0, 0.05) is 64.2 Å². The predicted molar refractivity (Wildman–Crippen MR) is 244 cm³/mol. The van der Waals surface area contributed by atoms with Crippen LogP contribution in [0.2, 0.25) is 0 Å². The molecule has 3 aromatic heterocycles. The minimum Gasteiger partial charge on any atom is -0.309 e. The van der Waals surface area contributed by atoms with Gasteiger partial charge in [0.05, 0.1) is 22.1 Å². The molecule has 0 aliphatic heterocycles. The third-order valence-electron chi connectivity index (χ3n) is 11.7. The van der Waals surface area contributed by atoms with E-state index in [1.807, 2.05) is 11.3 Å². The molecule has 12 aromatic rings. The summed E-state index contributed by atoms with van der Waals surface area (Å²) in [4.78, 5) is 0. The van der Waals surface area contributed by atoms with Gasteiger partial charge in [-0.3, -0.25) is 0 Å². The second-order valence-electron chi connectivity index (χ2n) is 14.9. The van der Waals surface area contributed by atoms with Gasteiger partial charge in [0.1, 0.15) is 0 Å². The summed E-state index contributed by atoms with van der Waals surface area (Å²) in [6, 6.07) is 75.6. The van der Waals surface area contributed by atoms with Crippen LogP contribution in [-0.2, 0) is 0 Å². The maximum atomic E-state index is 2.49. The van der Waals surface area contributed by atoms with Gasteiger partial charge < -0.3 is 9.13 Å². The van der Waals surface area contributed by atoms with E-state index in [1.54, 1.807) is 0 Å². The second kappa shape index (κ2) is 12.7. The zero-order valence-electron chi connectivity index (χ0n) is 30.9. The van der Waals surface area contributed by atoms with Crippen LogP contribution in [0.3, 0.4) is 0 Å². The Bertz CT molecular complexity index is 3490. The van der Waals surface area contributed by atoms with Gasteiger partial charge in [-0.25, -0.2) is 0 Å². The second-order valence-corrected chi connectivity index (χ2v) is 15.9. The minimum atomic E-state index is 1.16. The summed E-state index contributed by atoms with van der Waals surface area (Å²) in [5.41, 5.74) is 14.5. The van der Waals surface area contributed by atoms with E-state index in [-0.39, 0.29) is 0 Å². The van der Waals surface area contributed by atoms with Crippen LogP contribution in [0.1, 0.15) is 0 Å². The highest BCUT2D eigenvalue weighted by molar-refractivity contribution is 7.26. The molecule has 3 heterocycles. The summed E-state index contributed by atoms with van der Waals surface area (Å²) in [7, 11) is 0. The van der Waals surface area contributed by atoms with Crippen molar-refractivity contribution in [2.75, 3.05) is 0 Å². The summed E-state index contributed by atoms with van der Waals surface area (Å²) in [5, 5.41) is 7.60. The molecule has 3 heteroatoms. The number of nitrogens with zero attached hydrogens (tertiary/aromatic N) is 2. The molecule has 0 radical (unpaired) electrons. The fourth-order valence-corrected chi connectivity index (χ4v) is 10.5. The van der Waals surface area contributed by atoms with Gasteiger partial charge in [-0.1, -0.05) is 158 Å². The molecule has 0 amide bonds. The van der Waals surface area contributed by atoms with Crippen molar-refractivity contribution < 1.29 is 0 Å². The van der Waals surface area contributed by atoms with Crippen LogP contribution in [0.25, 0.3) is 109 Å². The number of hydrogen-bond donors (Lipinski definition) is 0. The van der Waals surface area contributed by atoms with Gasteiger partial charge in [0.2, 0.25) is 0 Å². The van der Waals surface area contributed by atoms with Crippen LogP contribution in [0.5, 0.6) is 0 Å². The summed E-state index contributed by atoms with van der Waals surface area (Å²) in [6.07, 6.45) is 0. The molecule has 9 aromatic carbocycles. The Labute approximate surface area is 333 Å². The van der Waals surface area contributed by atoms with Gasteiger partial charge >= 0.3 is 0 Å². The molecule has 0 fully saturated rings. The van der Waals surface area contributed by atoms with E-state index in [4.69, 9.17) is 0 Å². The van der Waals surface area contributed by atoms with E-state index in [1.165, 1.54) is 97.2 Å². The third kappa shape index (κ3) is 4.89. The lowest BCUT2D eigenvalue weighted by Crippen LogP contribution is -1.96. The summed E-state index contributed by atoms with van der Waals surface area (Å²) in [6.45, 7) is 0. The highest BCUT2D eigenvalue weighted by Crippen LogP contribution is 2.46. The SMILES string of the molecule is c1ccc(-c2ccc(-c3cc(-n4c5ccccc5c5c(-c6cccc7c8ccccc8n(-c8ccccc8)c67)cccc54)cc4c3sc3ccccc34)cc2)cc1. The van der Waals surface area contributed by atoms with Crippen LogP contribution >= 0.6 is 11.3 Å². The molecule has 12 rings (SSSR count). The van der Waals surface area contributed by atoms with Crippen molar-refractivity contribution in [2.24, 2.45) is 0 Å². The van der Waals surface area contributed by atoms with Crippen molar-refractivity contribution in [3.05, 3.63) is 206 Å². The average Bonchev–Trinajstić information content (AvgIpc) is 3.95. The molecule has 0 saturated carbocycles. The van der Waals surface area contributed by atoms with Gasteiger partial charge in [-0.05, 0) is 70.8 Å². The molecular weight excluding hydrogens is 709 g/mol. The monoisotopic (exact) mass is 742 g/mol. The van der Waals surface area contributed by atoms with Crippen molar-refractivity contribution in [3.8, 4) is 44.8 Å². The maximum absolute atomic E-state index is 2.49. The molecule has 0 aliphatic rings. The van der Waals surface area contributed by atoms with Crippen LogP contribution in [-0.4, -0.2) is 9.13 Å². The Hall–Kier alpha value is -7.20. The molecule has 0 saturated heterocycles. The number of thiophene rings is 1. The molecule has 2 nitrogen and oxygen atoms in total. The van der Waals surface area contributed by atoms with Gasteiger partial charge in [0.25, 0.3) is 0 Å². The Kier molecular flexibility index (Phi) is 7.13. The fourth-order valence-electron chi connectivity index (χ4n) is 9.23. The van der Waals surface area contributed by atoms with Crippen LogP contribution < -0.4 is 0 Å². The topological polar surface area (TPSA) is 9.86 Å². The van der Waals surface area contributed by atoms with E-state index < -0.39 is 0 Å². The van der Waals surface area contributed by atoms with E-state index in [0.29, 0.717) is 0 Å². The Balaban J connectivity index is 1.14. The normalized spacial score (nSPS) is 11.9. The maximum Gasteiger partial charge on any atom is 0.0619 e. The minimum absolute atomic E-state index is 1.16. The van der Waals surface area contributed by atoms with Crippen LogP contribution in [0.4, 0.5) is 0 Å². The average molecular weight is 743 g/mol. The molecule has 0 atom stereocenters. The lowest BCUT2D eigenvalue weighted by Gasteiger charge is -2.14. The number of benzene rings is 9. The number of aromatic nitrogens is 2. The van der Waals surface area contributed by atoms with E-state index in [9.17, 15) is 0 Å². The zero-order valence-corrected chi connectivity index (χ0v) is 31.7. The molecule has 0 aliphatic carbocycles. The first-order chi connectivity index (χ1) is 28.3. The predicted octanol–water partition coefficient (Wildman–Crippen LogP) is 15.2. The summed E-state index contributed by atoms with van der Waals surface area (Å²) in [5.74, 6) is 0. The summed E-state index contributed by atoms with van der Waals surface area (Å²) >= 11 is 1.89. The van der Waals surface area contributed by atoms with Crippen molar-refractivity contribution in [1.82, 2.24) is 9.13 Å². The smallest absolute Gasteiger partial charge is 0.0619 e. The molecular formula is C54H34N2S. The van der Waals surface area contributed by atoms with Crippen LogP contribution in [0, 0.1) is 0 Å². The van der Waals surface area contributed by atoms with Crippen LogP contribution in [0.15, 0.2) is 206 Å². The largest absolute Gasteiger partial charge is 0.309 e. The number of rotatable bonds is 5. The van der Waals surface area contributed by atoms with Crippen molar-refractivity contribution in [3.63, 3.8) is 0 Å². The van der Waals surface area contributed by atoms with Gasteiger partial charge in [0.15, 0.2) is 0 Å². The lowest BCUT2D eigenvalue weighted by molar-refractivity contribution is 1.18. The lowest BCUT2D eigenvalue weighted by atomic mass is 9.97. The van der Waals surface area contributed by atoms with Crippen molar-refractivity contribution in [2.45, 2.75) is 0 Å². The highest BCUT2D eigenvalue weighted by atomic mass is 32.1. The third-order valence-corrected chi connectivity index (χ3v) is 12.9. The number of fused-ring (bicyclic) bond motifs is 9. The first-order valence-electron chi connectivity index (χ1n) is 19.5. The molecule has 0 spiro atoms. The van der Waals surface area contributed by atoms with E-state index in [0.717, 1.165) is 11.4 Å². The first kappa shape index (κ1) is 32.1.